The van der Waals surface area contributed by atoms with E-state index in [1.54, 1.807) is 13.3 Å². The summed E-state index contributed by atoms with van der Waals surface area (Å²) < 4.78 is 11.1. The number of rotatable bonds is 4. The molecule has 1 aliphatic heterocycles. The Morgan fingerprint density at radius 2 is 2.20 bits per heavy atom. The second-order valence-electron chi connectivity index (χ2n) is 4.93. The Morgan fingerprint density at radius 1 is 1.30 bits per heavy atom. The summed E-state index contributed by atoms with van der Waals surface area (Å²) in [7, 11) is 0. The lowest BCUT2D eigenvalue weighted by molar-refractivity contribution is 0.0326. The van der Waals surface area contributed by atoms with Crippen LogP contribution in [-0.4, -0.2) is 32.8 Å². The van der Waals surface area contributed by atoms with Crippen molar-refractivity contribution in [1.29, 1.82) is 0 Å². The Bertz CT molecular complexity index is 586. The Kier molecular flexibility index (Phi) is 3.60. The first kappa shape index (κ1) is 13.0. The lowest BCUT2D eigenvalue weighted by atomic mass is 10.2. The van der Waals surface area contributed by atoms with E-state index in [9.17, 15) is 0 Å². The summed E-state index contributed by atoms with van der Waals surface area (Å²) >= 11 is 0. The lowest BCUT2D eigenvalue weighted by Gasteiger charge is -2.12. The molecule has 3 rings (SSSR count). The number of hydrogen-bond acceptors (Lipinski definition) is 7. The van der Waals surface area contributed by atoms with Crippen molar-refractivity contribution in [3.8, 4) is 0 Å². The molecule has 1 saturated heterocycles. The third kappa shape index (κ3) is 2.93. The van der Waals surface area contributed by atoms with E-state index in [2.05, 4.69) is 25.4 Å². The molecule has 0 radical (unpaired) electrons. The van der Waals surface area contributed by atoms with E-state index in [1.165, 1.54) is 0 Å². The predicted molar refractivity (Wildman–Crippen MR) is 71.1 cm³/mol. The van der Waals surface area contributed by atoms with Gasteiger partial charge in [0.2, 0.25) is 0 Å². The summed E-state index contributed by atoms with van der Waals surface area (Å²) in [5.41, 5.74) is 0.939. The molecule has 0 aliphatic carbocycles. The predicted octanol–water partition coefficient (Wildman–Crippen LogP) is 1.81. The van der Waals surface area contributed by atoms with E-state index in [4.69, 9.17) is 9.26 Å². The lowest BCUT2D eigenvalue weighted by Crippen LogP contribution is -2.19. The van der Waals surface area contributed by atoms with Crippen molar-refractivity contribution in [2.45, 2.75) is 38.9 Å². The molecule has 0 bridgehead atoms. The Hall–Kier alpha value is -2.02. The first-order chi connectivity index (χ1) is 9.70. The molecule has 2 aromatic rings. The minimum atomic E-state index is -0.0878. The van der Waals surface area contributed by atoms with E-state index in [-0.39, 0.29) is 12.2 Å². The molecule has 7 nitrogen and oxygen atoms in total. The van der Waals surface area contributed by atoms with Crippen molar-refractivity contribution in [3.63, 3.8) is 0 Å². The minimum Gasteiger partial charge on any atom is -0.367 e. The first-order valence-corrected chi connectivity index (χ1v) is 6.69. The molecule has 106 valence electrons. The smallest absolute Gasteiger partial charge is 0.255 e. The number of nitrogens with zero attached hydrogens (tertiary/aromatic N) is 4. The van der Waals surface area contributed by atoms with Crippen molar-refractivity contribution < 1.29 is 9.26 Å². The highest BCUT2D eigenvalue weighted by atomic mass is 16.5. The number of aromatic nitrogens is 4. The normalized spacial score (nSPS) is 22.1. The largest absolute Gasteiger partial charge is 0.367 e. The Morgan fingerprint density at radius 3 is 2.95 bits per heavy atom. The fourth-order valence-corrected chi connectivity index (χ4v) is 2.25. The van der Waals surface area contributed by atoms with Gasteiger partial charge in [-0.3, -0.25) is 0 Å². The molecule has 7 heteroatoms. The summed E-state index contributed by atoms with van der Waals surface area (Å²) in [6.45, 7) is 4.45. The third-order valence-electron chi connectivity index (χ3n) is 3.24. The van der Waals surface area contributed by atoms with Gasteiger partial charge in [0.1, 0.15) is 18.2 Å². The van der Waals surface area contributed by atoms with Crippen LogP contribution in [0.4, 0.5) is 5.82 Å². The summed E-state index contributed by atoms with van der Waals surface area (Å²) in [4.78, 5) is 12.4. The minimum absolute atomic E-state index is 0.0878. The van der Waals surface area contributed by atoms with Crippen LogP contribution in [0.15, 0.2) is 16.9 Å². The second kappa shape index (κ2) is 5.54. The molecule has 0 saturated carbocycles. The second-order valence-corrected chi connectivity index (χ2v) is 4.93. The monoisotopic (exact) mass is 275 g/mol. The fourth-order valence-electron chi connectivity index (χ4n) is 2.25. The van der Waals surface area contributed by atoms with Gasteiger partial charge in [0.05, 0.1) is 6.10 Å². The fraction of sp³-hybridized carbons (Fsp3) is 0.538. The van der Waals surface area contributed by atoms with E-state index in [0.29, 0.717) is 18.3 Å². The molecule has 2 atom stereocenters. The SMILES string of the molecule is Cc1cc(NC[C@H]2CC[C@@H](c3nc(C)no3)O2)ncn1. The third-order valence-corrected chi connectivity index (χ3v) is 3.24. The van der Waals surface area contributed by atoms with Crippen molar-refractivity contribution in [2.75, 3.05) is 11.9 Å². The topological polar surface area (TPSA) is 86.0 Å². The molecular formula is C13H17N5O2. The van der Waals surface area contributed by atoms with Crippen molar-refractivity contribution in [1.82, 2.24) is 20.1 Å². The maximum atomic E-state index is 5.91. The molecule has 0 spiro atoms. The first-order valence-electron chi connectivity index (χ1n) is 6.69. The van der Waals surface area contributed by atoms with E-state index >= 15 is 0 Å². The average molecular weight is 275 g/mol. The number of aryl methyl sites for hydroxylation is 2. The van der Waals surface area contributed by atoms with Crippen LogP contribution in [0.1, 0.15) is 36.4 Å². The molecule has 20 heavy (non-hydrogen) atoms. The van der Waals surface area contributed by atoms with Gasteiger partial charge in [0, 0.05) is 18.3 Å². The van der Waals surface area contributed by atoms with Crippen molar-refractivity contribution in [2.24, 2.45) is 0 Å². The zero-order chi connectivity index (χ0) is 13.9. The maximum Gasteiger partial charge on any atom is 0.255 e. The van der Waals surface area contributed by atoms with Crippen LogP contribution in [-0.2, 0) is 4.74 Å². The molecule has 3 heterocycles. The van der Waals surface area contributed by atoms with Crippen LogP contribution in [0.5, 0.6) is 0 Å². The number of hydrogen-bond donors (Lipinski definition) is 1. The summed E-state index contributed by atoms with van der Waals surface area (Å²) in [6, 6.07) is 1.91. The number of ether oxygens (including phenoxy) is 1. The molecule has 2 aromatic heterocycles. The molecule has 0 aromatic carbocycles. The average Bonchev–Trinajstić information content (AvgIpc) is 3.05. The summed E-state index contributed by atoms with van der Waals surface area (Å²) in [5.74, 6) is 2.03. The zero-order valence-electron chi connectivity index (χ0n) is 11.5. The van der Waals surface area contributed by atoms with Gasteiger partial charge in [-0.15, -0.1) is 0 Å². The molecule has 0 unspecified atom stereocenters. The Labute approximate surface area is 116 Å². The molecule has 0 amide bonds. The van der Waals surface area contributed by atoms with E-state index in [1.807, 2.05) is 13.0 Å². The Balaban J connectivity index is 1.53. The molecule has 1 aliphatic rings. The summed E-state index contributed by atoms with van der Waals surface area (Å²) in [5, 5.41) is 7.05. The van der Waals surface area contributed by atoms with Gasteiger partial charge in [-0.2, -0.15) is 4.98 Å². The van der Waals surface area contributed by atoms with Crippen molar-refractivity contribution >= 4 is 5.82 Å². The van der Waals surface area contributed by atoms with Crippen LogP contribution < -0.4 is 5.32 Å². The molecule has 1 fully saturated rings. The highest BCUT2D eigenvalue weighted by Crippen LogP contribution is 2.31. The van der Waals surface area contributed by atoms with Gasteiger partial charge >= 0.3 is 0 Å². The van der Waals surface area contributed by atoms with Gasteiger partial charge in [-0.25, -0.2) is 9.97 Å². The quantitative estimate of drug-likeness (QED) is 0.910. The highest BCUT2D eigenvalue weighted by molar-refractivity contribution is 5.34. The van der Waals surface area contributed by atoms with Gasteiger partial charge in [0.15, 0.2) is 5.82 Å². The van der Waals surface area contributed by atoms with Gasteiger partial charge < -0.3 is 14.6 Å². The molecular weight excluding hydrogens is 258 g/mol. The van der Waals surface area contributed by atoms with Gasteiger partial charge in [-0.1, -0.05) is 5.16 Å². The van der Waals surface area contributed by atoms with E-state index in [0.717, 1.165) is 24.4 Å². The summed E-state index contributed by atoms with van der Waals surface area (Å²) in [6.07, 6.45) is 3.45. The number of nitrogens with one attached hydrogen (secondary N) is 1. The zero-order valence-corrected chi connectivity index (χ0v) is 11.5. The number of anilines is 1. The van der Waals surface area contributed by atoms with Gasteiger partial charge in [-0.05, 0) is 26.7 Å². The van der Waals surface area contributed by atoms with Crippen molar-refractivity contribution in [3.05, 3.63) is 29.8 Å². The van der Waals surface area contributed by atoms with E-state index < -0.39 is 0 Å². The molecule has 1 N–H and O–H groups in total. The van der Waals surface area contributed by atoms with Crippen LogP contribution >= 0.6 is 0 Å². The highest BCUT2D eigenvalue weighted by Gasteiger charge is 2.30. The van der Waals surface area contributed by atoms with Crippen LogP contribution in [0.25, 0.3) is 0 Å². The van der Waals surface area contributed by atoms with Crippen LogP contribution in [0.3, 0.4) is 0 Å². The standard InChI is InChI=1S/C13H17N5O2/c1-8-5-12(16-7-15-8)14-6-10-3-4-11(19-10)13-17-9(2)18-20-13/h5,7,10-11H,3-4,6H2,1-2H3,(H,14,15,16)/t10-,11+/m1/s1. The van der Waals surface area contributed by atoms with Crippen LogP contribution in [0, 0.1) is 13.8 Å². The maximum absolute atomic E-state index is 5.91. The van der Waals surface area contributed by atoms with Gasteiger partial charge in [0.25, 0.3) is 5.89 Å². The van der Waals surface area contributed by atoms with Crippen LogP contribution in [0.2, 0.25) is 0 Å².